The van der Waals surface area contributed by atoms with E-state index < -0.39 is 24.4 Å². The quantitative estimate of drug-likeness (QED) is 0.471. The lowest BCUT2D eigenvalue weighted by atomic mass is 10.3. The molecule has 0 radical (unpaired) electrons. The molecule has 1 aromatic carbocycles. The number of rotatable bonds is 9. The van der Waals surface area contributed by atoms with Gasteiger partial charge in [-0.2, -0.15) is 8.42 Å². The summed E-state index contributed by atoms with van der Waals surface area (Å²) in [6.45, 7) is 4.96. The monoisotopic (exact) mass is 463 g/mol. The third-order valence-corrected chi connectivity index (χ3v) is 7.55. The van der Waals surface area contributed by atoms with Crippen LogP contribution in [-0.2, 0) is 24.8 Å². The normalized spacial score (nSPS) is 12.0. The van der Waals surface area contributed by atoms with Crippen LogP contribution in [-0.4, -0.2) is 46.1 Å². The van der Waals surface area contributed by atoms with Crippen LogP contribution >= 0.6 is 11.3 Å². The van der Waals surface area contributed by atoms with Gasteiger partial charge in [0.05, 0.1) is 17.7 Å². The zero-order valence-corrected chi connectivity index (χ0v) is 18.5. The SMILES string of the molecule is CCC(=O)Nc1nnc(S(=O)(=O)Nc2cc(S(=O)(=O)NC(C)C)ccc2OC)s1. The molecule has 0 atom stereocenters. The van der Waals surface area contributed by atoms with Crippen molar-refractivity contribution in [2.75, 3.05) is 17.1 Å². The molecule has 0 saturated heterocycles. The Bertz CT molecular complexity index is 1100. The average molecular weight is 464 g/mol. The first kappa shape index (κ1) is 23.0. The lowest BCUT2D eigenvalue weighted by molar-refractivity contribution is -0.115. The van der Waals surface area contributed by atoms with Crippen LogP contribution in [0.1, 0.15) is 27.2 Å². The number of nitrogens with one attached hydrogen (secondary N) is 3. The first-order chi connectivity index (χ1) is 13.5. The third kappa shape index (κ3) is 5.85. The molecule has 1 amide bonds. The van der Waals surface area contributed by atoms with Crippen molar-refractivity contribution in [2.24, 2.45) is 0 Å². The minimum Gasteiger partial charge on any atom is -0.495 e. The Balaban J connectivity index is 2.36. The van der Waals surface area contributed by atoms with Gasteiger partial charge in [-0.1, -0.05) is 18.3 Å². The molecule has 1 aromatic heterocycles. The van der Waals surface area contributed by atoms with E-state index in [4.69, 9.17) is 4.74 Å². The van der Waals surface area contributed by atoms with Crippen molar-refractivity contribution in [3.8, 4) is 5.75 Å². The summed E-state index contributed by atoms with van der Waals surface area (Å²) in [7, 11) is -6.74. The molecule has 11 nitrogen and oxygen atoms in total. The standard InChI is InChI=1S/C15H21N5O6S3/c1-5-13(21)16-14-17-18-15(27-14)29(24,25)20-11-8-10(6-7-12(11)26-4)28(22,23)19-9(2)3/h6-9,19-20H,5H2,1-4H3,(H,16,17,21). The molecule has 0 aliphatic carbocycles. The van der Waals surface area contributed by atoms with Crippen molar-refractivity contribution < 1.29 is 26.4 Å². The molecule has 0 fully saturated rings. The Morgan fingerprint density at radius 2 is 1.86 bits per heavy atom. The molecule has 3 N–H and O–H groups in total. The van der Waals surface area contributed by atoms with E-state index in [1.54, 1.807) is 20.8 Å². The highest BCUT2D eigenvalue weighted by Crippen LogP contribution is 2.31. The van der Waals surface area contributed by atoms with Crippen LogP contribution < -0.4 is 19.5 Å². The third-order valence-electron chi connectivity index (χ3n) is 3.32. The van der Waals surface area contributed by atoms with Gasteiger partial charge >= 0.3 is 0 Å². The molecule has 0 unspecified atom stereocenters. The van der Waals surface area contributed by atoms with E-state index in [9.17, 15) is 21.6 Å². The van der Waals surface area contributed by atoms with Gasteiger partial charge in [0.15, 0.2) is 0 Å². The Kier molecular flexibility index (Phi) is 7.15. The molecule has 1 heterocycles. The van der Waals surface area contributed by atoms with E-state index in [1.807, 2.05) is 0 Å². The van der Waals surface area contributed by atoms with Gasteiger partial charge in [-0.25, -0.2) is 13.1 Å². The Hall–Kier alpha value is -2.29. The van der Waals surface area contributed by atoms with Crippen molar-refractivity contribution in [1.82, 2.24) is 14.9 Å². The number of anilines is 2. The van der Waals surface area contributed by atoms with E-state index >= 15 is 0 Å². The molecule has 0 saturated carbocycles. The number of sulfonamides is 2. The minimum absolute atomic E-state index is 0.0293. The number of hydrogen-bond acceptors (Lipinski definition) is 9. The lowest BCUT2D eigenvalue weighted by Gasteiger charge is -2.14. The lowest BCUT2D eigenvalue weighted by Crippen LogP contribution is -2.30. The molecular formula is C15H21N5O6S3. The predicted molar refractivity (Wildman–Crippen MR) is 108 cm³/mol. The van der Waals surface area contributed by atoms with Gasteiger partial charge in [0.2, 0.25) is 21.1 Å². The summed E-state index contributed by atoms with van der Waals surface area (Å²) in [5.41, 5.74) is -0.0894. The van der Waals surface area contributed by atoms with Gasteiger partial charge < -0.3 is 10.1 Å². The number of hydrogen-bond donors (Lipinski definition) is 3. The summed E-state index contributed by atoms with van der Waals surface area (Å²) in [6.07, 6.45) is 0.197. The van der Waals surface area contributed by atoms with Crippen molar-refractivity contribution >= 4 is 48.1 Å². The fourth-order valence-electron chi connectivity index (χ4n) is 2.08. The van der Waals surface area contributed by atoms with Gasteiger partial charge in [0.1, 0.15) is 5.75 Å². The molecule has 2 aromatic rings. The maximum atomic E-state index is 12.6. The number of methoxy groups -OCH3 is 1. The van der Waals surface area contributed by atoms with Crippen molar-refractivity contribution in [1.29, 1.82) is 0 Å². The molecule has 2 rings (SSSR count). The van der Waals surface area contributed by atoms with Crippen molar-refractivity contribution in [2.45, 2.75) is 42.5 Å². The van der Waals surface area contributed by atoms with E-state index in [-0.39, 0.29) is 39.8 Å². The van der Waals surface area contributed by atoms with Crippen LogP contribution in [0.3, 0.4) is 0 Å². The van der Waals surface area contributed by atoms with Crippen LogP contribution in [0.2, 0.25) is 0 Å². The number of ether oxygens (including phenoxy) is 1. The highest BCUT2D eigenvalue weighted by molar-refractivity contribution is 7.94. The summed E-state index contributed by atoms with van der Waals surface area (Å²) >= 11 is 0.658. The maximum Gasteiger partial charge on any atom is 0.291 e. The number of carbonyl (C=O) groups excluding carboxylic acids is 1. The Morgan fingerprint density at radius 1 is 1.17 bits per heavy atom. The Morgan fingerprint density at radius 3 is 2.45 bits per heavy atom. The van der Waals surface area contributed by atoms with Gasteiger partial charge in [0, 0.05) is 12.5 Å². The maximum absolute atomic E-state index is 12.6. The second kappa shape index (κ2) is 9.02. The van der Waals surface area contributed by atoms with Gasteiger partial charge in [-0.3, -0.25) is 9.52 Å². The summed E-state index contributed by atoms with van der Waals surface area (Å²) in [5, 5.41) is 9.64. The topological polar surface area (TPSA) is 156 Å². The summed E-state index contributed by atoms with van der Waals surface area (Å²) < 4.78 is 59.4. The molecule has 0 bridgehead atoms. The number of carbonyl (C=O) groups is 1. The molecule has 0 spiro atoms. The van der Waals surface area contributed by atoms with Crippen molar-refractivity contribution in [3.63, 3.8) is 0 Å². The first-order valence-electron chi connectivity index (χ1n) is 8.35. The van der Waals surface area contributed by atoms with Crippen LogP contribution in [0.15, 0.2) is 27.4 Å². The van der Waals surface area contributed by atoms with Crippen LogP contribution in [0.5, 0.6) is 5.75 Å². The van der Waals surface area contributed by atoms with Crippen LogP contribution in [0.4, 0.5) is 10.8 Å². The van der Waals surface area contributed by atoms with Gasteiger partial charge in [-0.05, 0) is 32.0 Å². The van der Waals surface area contributed by atoms with E-state index in [2.05, 4.69) is 25.0 Å². The summed E-state index contributed by atoms with van der Waals surface area (Å²) in [4.78, 5) is 11.3. The summed E-state index contributed by atoms with van der Waals surface area (Å²) in [6, 6.07) is 3.42. The molecule has 0 aliphatic rings. The first-order valence-corrected chi connectivity index (χ1v) is 12.1. The highest BCUT2D eigenvalue weighted by Gasteiger charge is 2.24. The van der Waals surface area contributed by atoms with Gasteiger partial charge in [-0.15, -0.1) is 10.2 Å². The fourth-order valence-corrected chi connectivity index (χ4v) is 5.33. The molecule has 14 heteroatoms. The van der Waals surface area contributed by atoms with E-state index in [0.29, 0.717) is 11.3 Å². The fraction of sp³-hybridized carbons (Fsp3) is 0.400. The molecule has 29 heavy (non-hydrogen) atoms. The second-order valence-corrected chi connectivity index (χ2v) is 10.6. The van der Waals surface area contributed by atoms with Crippen LogP contribution in [0.25, 0.3) is 0 Å². The second-order valence-electron chi connectivity index (χ2n) is 6.02. The van der Waals surface area contributed by atoms with E-state index in [1.165, 1.54) is 19.2 Å². The number of benzene rings is 1. The predicted octanol–water partition coefficient (Wildman–Crippen LogP) is 1.38. The number of amides is 1. The average Bonchev–Trinajstić information content (AvgIpc) is 3.09. The van der Waals surface area contributed by atoms with Gasteiger partial charge in [0.25, 0.3) is 14.4 Å². The zero-order chi connectivity index (χ0) is 21.8. The van der Waals surface area contributed by atoms with E-state index in [0.717, 1.165) is 6.07 Å². The highest BCUT2D eigenvalue weighted by atomic mass is 32.2. The minimum atomic E-state index is -4.20. The Labute approximate surface area is 173 Å². The smallest absolute Gasteiger partial charge is 0.291 e. The molecule has 160 valence electrons. The molecule has 0 aliphatic heterocycles. The van der Waals surface area contributed by atoms with Crippen molar-refractivity contribution in [3.05, 3.63) is 18.2 Å². The van der Waals surface area contributed by atoms with Crippen LogP contribution in [0, 0.1) is 0 Å². The number of nitrogens with zero attached hydrogens (tertiary/aromatic N) is 2. The zero-order valence-electron chi connectivity index (χ0n) is 16.1. The largest absolute Gasteiger partial charge is 0.495 e. The number of aromatic nitrogens is 2. The summed E-state index contributed by atoms with van der Waals surface area (Å²) in [5.74, 6) is -0.226. The molecular weight excluding hydrogens is 442 g/mol.